The number of carboxylic acid groups (broad SMARTS) is 1. The molecule has 3 nitrogen and oxygen atoms in total. The number of carboxylic acids is 1. The summed E-state index contributed by atoms with van der Waals surface area (Å²) in [4.78, 5) is 10.9. The van der Waals surface area contributed by atoms with Crippen LogP contribution in [0.15, 0.2) is 24.3 Å². The van der Waals surface area contributed by atoms with E-state index in [9.17, 15) is 4.79 Å². The first-order chi connectivity index (χ1) is 8.94. The third-order valence-electron chi connectivity index (χ3n) is 3.34. The Morgan fingerprint density at radius 2 is 2.05 bits per heavy atom. The van der Waals surface area contributed by atoms with E-state index in [1.165, 1.54) is 25.7 Å². The number of nitrogens with one attached hydrogen (secondary N) is 1. The third kappa shape index (κ3) is 5.77. The minimum Gasteiger partial charge on any atom is -0.478 e. The van der Waals surface area contributed by atoms with Crippen molar-refractivity contribution in [3.63, 3.8) is 0 Å². The fourth-order valence-corrected chi connectivity index (χ4v) is 2.05. The summed E-state index contributed by atoms with van der Waals surface area (Å²) in [7, 11) is 0. The molecule has 0 aliphatic rings. The van der Waals surface area contributed by atoms with Gasteiger partial charge in [-0.05, 0) is 30.0 Å². The molecular weight excluding hydrogens is 238 g/mol. The number of rotatable bonds is 8. The van der Waals surface area contributed by atoms with Crippen LogP contribution in [-0.2, 0) is 0 Å². The van der Waals surface area contributed by atoms with Gasteiger partial charge in [-0.25, -0.2) is 4.79 Å². The number of hydrogen-bond donors (Lipinski definition) is 2. The topological polar surface area (TPSA) is 49.3 Å². The van der Waals surface area contributed by atoms with Gasteiger partial charge in [0, 0.05) is 12.2 Å². The first-order valence-corrected chi connectivity index (χ1v) is 7.02. The Bertz CT molecular complexity index is 413. The van der Waals surface area contributed by atoms with E-state index < -0.39 is 5.97 Å². The summed E-state index contributed by atoms with van der Waals surface area (Å²) >= 11 is 0. The zero-order valence-electron chi connectivity index (χ0n) is 12.2. The van der Waals surface area contributed by atoms with E-state index in [0.29, 0.717) is 5.56 Å². The second kappa shape index (κ2) is 7.17. The molecule has 0 radical (unpaired) electrons. The van der Waals surface area contributed by atoms with E-state index in [-0.39, 0.29) is 5.41 Å². The van der Waals surface area contributed by atoms with E-state index in [0.717, 1.165) is 12.2 Å². The minimum absolute atomic E-state index is 0.231. The highest BCUT2D eigenvalue weighted by atomic mass is 16.4. The first kappa shape index (κ1) is 15.5. The van der Waals surface area contributed by atoms with E-state index in [1.807, 2.05) is 6.07 Å². The molecule has 0 atom stereocenters. The highest BCUT2D eigenvalue weighted by Crippen LogP contribution is 2.24. The summed E-state index contributed by atoms with van der Waals surface area (Å²) in [6.07, 6.45) is 4.95. The summed E-state index contributed by atoms with van der Waals surface area (Å²) in [6, 6.07) is 6.98. The lowest BCUT2D eigenvalue weighted by Crippen LogP contribution is -2.23. The molecule has 19 heavy (non-hydrogen) atoms. The number of benzene rings is 1. The fourth-order valence-electron chi connectivity index (χ4n) is 2.05. The lowest BCUT2D eigenvalue weighted by molar-refractivity contribution is 0.0697. The number of hydrogen-bond acceptors (Lipinski definition) is 2. The summed E-state index contributed by atoms with van der Waals surface area (Å²) in [5, 5.41) is 12.3. The molecule has 0 bridgehead atoms. The van der Waals surface area contributed by atoms with Crippen LogP contribution in [0.3, 0.4) is 0 Å². The van der Waals surface area contributed by atoms with Crippen molar-refractivity contribution >= 4 is 11.7 Å². The molecule has 0 heterocycles. The van der Waals surface area contributed by atoms with E-state index in [2.05, 4.69) is 26.1 Å². The SMILES string of the molecule is CCCCCC(C)(C)CNc1cccc(C(=O)O)c1. The van der Waals surface area contributed by atoms with Gasteiger partial charge in [-0.2, -0.15) is 0 Å². The predicted molar refractivity (Wildman–Crippen MR) is 79.8 cm³/mol. The van der Waals surface area contributed by atoms with Crippen molar-refractivity contribution in [1.82, 2.24) is 0 Å². The van der Waals surface area contributed by atoms with Crippen molar-refractivity contribution in [2.24, 2.45) is 5.41 Å². The van der Waals surface area contributed by atoms with Crippen molar-refractivity contribution in [3.8, 4) is 0 Å². The zero-order valence-corrected chi connectivity index (χ0v) is 12.2. The second-order valence-corrected chi connectivity index (χ2v) is 5.86. The number of anilines is 1. The summed E-state index contributed by atoms with van der Waals surface area (Å²) < 4.78 is 0. The molecule has 1 aromatic rings. The van der Waals surface area contributed by atoms with Gasteiger partial charge in [-0.1, -0.05) is 46.1 Å². The maximum Gasteiger partial charge on any atom is 0.335 e. The first-order valence-electron chi connectivity index (χ1n) is 7.02. The smallest absolute Gasteiger partial charge is 0.335 e. The molecule has 0 saturated carbocycles. The van der Waals surface area contributed by atoms with Crippen LogP contribution in [0, 0.1) is 5.41 Å². The van der Waals surface area contributed by atoms with Gasteiger partial charge in [-0.3, -0.25) is 0 Å². The molecule has 0 aromatic heterocycles. The zero-order chi connectivity index (χ0) is 14.3. The molecule has 0 fully saturated rings. The summed E-state index contributed by atoms with van der Waals surface area (Å²) in [6.45, 7) is 7.57. The van der Waals surface area contributed by atoms with Gasteiger partial charge in [0.05, 0.1) is 5.56 Å². The van der Waals surface area contributed by atoms with Crippen LogP contribution in [-0.4, -0.2) is 17.6 Å². The van der Waals surface area contributed by atoms with Crippen molar-refractivity contribution < 1.29 is 9.90 Å². The quantitative estimate of drug-likeness (QED) is 0.683. The van der Waals surface area contributed by atoms with Crippen LogP contribution in [0.25, 0.3) is 0 Å². The molecule has 0 aliphatic heterocycles. The van der Waals surface area contributed by atoms with E-state index in [4.69, 9.17) is 5.11 Å². The van der Waals surface area contributed by atoms with Crippen LogP contribution in [0.1, 0.15) is 56.8 Å². The van der Waals surface area contributed by atoms with Crippen molar-refractivity contribution in [3.05, 3.63) is 29.8 Å². The van der Waals surface area contributed by atoms with Crippen LogP contribution in [0.4, 0.5) is 5.69 Å². The molecule has 106 valence electrons. The monoisotopic (exact) mass is 263 g/mol. The van der Waals surface area contributed by atoms with Crippen molar-refractivity contribution in [2.45, 2.75) is 46.5 Å². The Kier molecular flexibility index (Phi) is 5.87. The molecular formula is C16H25NO2. The normalized spacial score (nSPS) is 11.3. The lowest BCUT2D eigenvalue weighted by Gasteiger charge is -2.25. The van der Waals surface area contributed by atoms with Gasteiger partial charge in [0.2, 0.25) is 0 Å². The van der Waals surface area contributed by atoms with Gasteiger partial charge in [-0.15, -0.1) is 0 Å². The largest absolute Gasteiger partial charge is 0.478 e. The Balaban J connectivity index is 2.51. The molecule has 1 aromatic carbocycles. The standard InChI is InChI=1S/C16H25NO2/c1-4-5-6-10-16(2,3)12-17-14-9-7-8-13(11-14)15(18)19/h7-9,11,17H,4-6,10,12H2,1-3H3,(H,18,19). The molecule has 0 aliphatic carbocycles. The third-order valence-corrected chi connectivity index (χ3v) is 3.34. The predicted octanol–water partition coefficient (Wildman–Crippen LogP) is 4.40. The van der Waals surface area contributed by atoms with Crippen LogP contribution in [0.5, 0.6) is 0 Å². The molecule has 3 heteroatoms. The van der Waals surface area contributed by atoms with Crippen LogP contribution >= 0.6 is 0 Å². The Hall–Kier alpha value is -1.51. The van der Waals surface area contributed by atoms with Gasteiger partial charge >= 0.3 is 5.97 Å². The molecule has 2 N–H and O–H groups in total. The van der Waals surface area contributed by atoms with Gasteiger partial charge < -0.3 is 10.4 Å². The Morgan fingerprint density at radius 3 is 2.68 bits per heavy atom. The molecule has 0 unspecified atom stereocenters. The summed E-state index contributed by atoms with van der Waals surface area (Å²) in [5.41, 5.74) is 1.44. The summed E-state index contributed by atoms with van der Waals surface area (Å²) in [5.74, 6) is -0.883. The fraction of sp³-hybridized carbons (Fsp3) is 0.562. The number of aromatic carboxylic acids is 1. The van der Waals surface area contributed by atoms with Gasteiger partial charge in [0.15, 0.2) is 0 Å². The Labute approximate surface area is 116 Å². The number of unbranched alkanes of at least 4 members (excludes halogenated alkanes) is 2. The van der Waals surface area contributed by atoms with Crippen LogP contribution in [0.2, 0.25) is 0 Å². The molecule has 0 spiro atoms. The number of carbonyl (C=O) groups is 1. The maximum atomic E-state index is 10.9. The maximum absolute atomic E-state index is 10.9. The van der Waals surface area contributed by atoms with E-state index >= 15 is 0 Å². The minimum atomic E-state index is -0.883. The Morgan fingerprint density at radius 1 is 1.32 bits per heavy atom. The van der Waals surface area contributed by atoms with Gasteiger partial charge in [0.25, 0.3) is 0 Å². The van der Waals surface area contributed by atoms with E-state index in [1.54, 1.807) is 18.2 Å². The van der Waals surface area contributed by atoms with Crippen LogP contribution < -0.4 is 5.32 Å². The van der Waals surface area contributed by atoms with Gasteiger partial charge in [0.1, 0.15) is 0 Å². The second-order valence-electron chi connectivity index (χ2n) is 5.86. The van der Waals surface area contributed by atoms with Crippen molar-refractivity contribution in [1.29, 1.82) is 0 Å². The average molecular weight is 263 g/mol. The van der Waals surface area contributed by atoms with Crippen molar-refractivity contribution in [2.75, 3.05) is 11.9 Å². The molecule has 0 saturated heterocycles. The molecule has 1 rings (SSSR count). The lowest BCUT2D eigenvalue weighted by atomic mass is 9.87. The highest BCUT2D eigenvalue weighted by Gasteiger charge is 2.17. The average Bonchev–Trinajstić information content (AvgIpc) is 2.37. The highest BCUT2D eigenvalue weighted by molar-refractivity contribution is 5.88. The molecule has 0 amide bonds.